The molecule has 0 aliphatic rings. The Morgan fingerprint density at radius 1 is 1.44 bits per heavy atom. The molecule has 0 radical (unpaired) electrons. The minimum atomic E-state index is -0.419. The maximum absolute atomic E-state index is 9.87. The zero-order chi connectivity index (χ0) is 12.1. The van der Waals surface area contributed by atoms with E-state index in [0.717, 1.165) is 15.8 Å². The first-order valence-corrected chi connectivity index (χ1v) is 6.99. The molecule has 90 valence electrons. The van der Waals surface area contributed by atoms with Gasteiger partial charge in [-0.25, -0.2) is 0 Å². The second-order valence-corrected chi connectivity index (χ2v) is 5.90. The van der Waals surface area contributed by atoms with E-state index in [1.807, 2.05) is 32.0 Å². The first-order valence-electron chi connectivity index (χ1n) is 5.28. The van der Waals surface area contributed by atoms with Gasteiger partial charge in [0, 0.05) is 21.3 Å². The van der Waals surface area contributed by atoms with Gasteiger partial charge in [-0.2, -0.15) is 0 Å². The van der Waals surface area contributed by atoms with E-state index >= 15 is 0 Å². The van der Waals surface area contributed by atoms with Crippen molar-refractivity contribution in [2.75, 3.05) is 6.61 Å². The Morgan fingerprint density at radius 2 is 2.12 bits per heavy atom. The molecule has 0 spiro atoms. The molecule has 1 aromatic rings. The third-order valence-corrected chi connectivity index (χ3v) is 3.67. The summed E-state index contributed by atoms with van der Waals surface area (Å²) in [6.07, 6.45) is 0.154. The molecule has 16 heavy (non-hydrogen) atoms. The van der Waals surface area contributed by atoms with Crippen LogP contribution in [0.25, 0.3) is 0 Å². The maximum atomic E-state index is 9.87. The lowest BCUT2D eigenvalue weighted by molar-refractivity contribution is 0.176. The van der Waals surface area contributed by atoms with Crippen molar-refractivity contribution in [3.63, 3.8) is 0 Å². The topological polar surface area (TPSA) is 29.5 Å². The Morgan fingerprint density at radius 3 is 2.69 bits per heavy atom. The highest BCUT2D eigenvalue weighted by molar-refractivity contribution is 9.10. The minimum absolute atomic E-state index is 0.0640. The van der Waals surface area contributed by atoms with Crippen LogP contribution in [0.5, 0.6) is 5.75 Å². The van der Waals surface area contributed by atoms with Crippen molar-refractivity contribution in [2.24, 2.45) is 0 Å². The van der Waals surface area contributed by atoms with Gasteiger partial charge in [0.1, 0.15) is 5.75 Å². The minimum Gasteiger partial charge on any atom is -0.494 e. The van der Waals surface area contributed by atoms with E-state index in [-0.39, 0.29) is 4.83 Å². The van der Waals surface area contributed by atoms with Crippen LogP contribution >= 0.6 is 31.9 Å². The summed E-state index contributed by atoms with van der Waals surface area (Å²) in [6, 6.07) is 5.82. The first kappa shape index (κ1) is 14.0. The lowest BCUT2D eigenvalue weighted by Gasteiger charge is -2.17. The zero-order valence-corrected chi connectivity index (χ0v) is 12.6. The van der Waals surface area contributed by atoms with Crippen LogP contribution in [-0.2, 0) is 6.42 Å². The average Bonchev–Trinajstić information content (AvgIpc) is 2.23. The molecular weight excluding hydrogens is 336 g/mol. The van der Waals surface area contributed by atoms with Gasteiger partial charge in [-0.05, 0) is 19.1 Å². The Hall–Kier alpha value is -0.0600. The fraction of sp³-hybridized carbons (Fsp3) is 0.500. The van der Waals surface area contributed by atoms with E-state index in [1.54, 1.807) is 0 Å². The molecule has 1 N–H and O–H groups in total. The van der Waals surface area contributed by atoms with Gasteiger partial charge in [0.15, 0.2) is 0 Å². The summed E-state index contributed by atoms with van der Waals surface area (Å²) in [4.78, 5) is 0.0640. The van der Waals surface area contributed by atoms with Crippen molar-refractivity contribution in [2.45, 2.75) is 31.2 Å². The van der Waals surface area contributed by atoms with Crippen LogP contribution in [0.15, 0.2) is 22.7 Å². The van der Waals surface area contributed by atoms with Gasteiger partial charge in [0.05, 0.1) is 12.7 Å². The third-order valence-electron chi connectivity index (χ3n) is 2.32. The van der Waals surface area contributed by atoms with Crippen LogP contribution in [0.3, 0.4) is 0 Å². The van der Waals surface area contributed by atoms with E-state index in [4.69, 9.17) is 4.74 Å². The number of benzene rings is 1. The van der Waals surface area contributed by atoms with Gasteiger partial charge in [-0.3, -0.25) is 0 Å². The number of ether oxygens (including phenoxy) is 1. The van der Waals surface area contributed by atoms with E-state index < -0.39 is 6.10 Å². The maximum Gasteiger partial charge on any atom is 0.123 e. The normalized spacial score (nSPS) is 14.6. The molecule has 0 aliphatic heterocycles. The Labute approximate surface area is 113 Å². The van der Waals surface area contributed by atoms with Crippen molar-refractivity contribution in [1.82, 2.24) is 0 Å². The zero-order valence-electron chi connectivity index (χ0n) is 9.41. The van der Waals surface area contributed by atoms with E-state index in [1.165, 1.54) is 0 Å². The van der Waals surface area contributed by atoms with Gasteiger partial charge in [-0.15, -0.1) is 0 Å². The summed E-state index contributed by atoms with van der Waals surface area (Å²) >= 11 is 6.87. The lowest BCUT2D eigenvalue weighted by atomic mass is 10.1. The van der Waals surface area contributed by atoms with Crippen LogP contribution in [0.1, 0.15) is 19.4 Å². The lowest BCUT2D eigenvalue weighted by Crippen LogP contribution is -2.20. The molecule has 0 fully saturated rings. The number of aliphatic hydroxyl groups excluding tert-OH is 1. The van der Waals surface area contributed by atoms with Crippen LogP contribution in [0, 0.1) is 0 Å². The van der Waals surface area contributed by atoms with Gasteiger partial charge in [-0.1, -0.05) is 44.8 Å². The number of hydrogen-bond donors (Lipinski definition) is 1. The summed E-state index contributed by atoms with van der Waals surface area (Å²) in [5.41, 5.74) is 1.02. The van der Waals surface area contributed by atoms with E-state index in [0.29, 0.717) is 13.0 Å². The number of aliphatic hydroxyl groups is 1. The Bertz CT molecular complexity index is 340. The molecule has 0 bridgehead atoms. The van der Waals surface area contributed by atoms with Gasteiger partial charge < -0.3 is 9.84 Å². The fourth-order valence-electron chi connectivity index (χ4n) is 1.40. The highest BCUT2D eigenvalue weighted by Gasteiger charge is 2.16. The summed E-state index contributed by atoms with van der Waals surface area (Å²) < 4.78 is 6.52. The molecule has 0 heterocycles. The average molecular weight is 352 g/mol. The second-order valence-electron chi connectivity index (χ2n) is 3.60. The summed E-state index contributed by atoms with van der Waals surface area (Å²) in [5, 5.41) is 9.87. The molecule has 0 saturated carbocycles. The van der Waals surface area contributed by atoms with Gasteiger partial charge in [0.2, 0.25) is 0 Å². The van der Waals surface area contributed by atoms with Crippen molar-refractivity contribution in [3.8, 4) is 5.75 Å². The molecule has 0 amide bonds. The standard InChI is InChI=1S/C12H16Br2O2/c1-3-16-12-6-4-5-10(14)9(12)7-11(15)8(2)13/h4-6,8,11,15H,3,7H2,1-2H3. The van der Waals surface area contributed by atoms with E-state index in [2.05, 4.69) is 31.9 Å². The quantitative estimate of drug-likeness (QED) is 0.822. The van der Waals surface area contributed by atoms with Crippen molar-refractivity contribution >= 4 is 31.9 Å². The number of hydrogen-bond acceptors (Lipinski definition) is 2. The van der Waals surface area contributed by atoms with Crippen LogP contribution in [-0.4, -0.2) is 22.6 Å². The fourth-order valence-corrected chi connectivity index (χ4v) is 2.10. The van der Waals surface area contributed by atoms with Crippen molar-refractivity contribution in [3.05, 3.63) is 28.2 Å². The second kappa shape index (κ2) is 6.62. The molecule has 1 rings (SSSR count). The van der Waals surface area contributed by atoms with Gasteiger partial charge in [0.25, 0.3) is 0 Å². The van der Waals surface area contributed by atoms with Crippen LogP contribution in [0.4, 0.5) is 0 Å². The smallest absolute Gasteiger partial charge is 0.123 e. The molecule has 1 aromatic carbocycles. The highest BCUT2D eigenvalue weighted by atomic mass is 79.9. The number of alkyl halides is 1. The monoisotopic (exact) mass is 350 g/mol. The molecule has 0 saturated heterocycles. The summed E-state index contributed by atoms with van der Waals surface area (Å²) in [5.74, 6) is 0.837. The number of rotatable bonds is 5. The molecule has 4 heteroatoms. The first-order chi connectivity index (χ1) is 7.56. The molecule has 2 unspecified atom stereocenters. The molecule has 0 aromatic heterocycles. The number of halogens is 2. The molecule has 0 aliphatic carbocycles. The van der Waals surface area contributed by atoms with E-state index in [9.17, 15) is 5.11 Å². The third kappa shape index (κ3) is 3.75. The molecule has 2 atom stereocenters. The Balaban J connectivity index is 2.91. The predicted octanol–water partition coefficient (Wildman–Crippen LogP) is 3.53. The largest absolute Gasteiger partial charge is 0.494 e. The Kier molecular flexibility index (Phi) is 5.79. The van der Waals surface area contributed by atoms with Crippen molar-refractivity contribution in [1.29, 1.82) is 0 Å². The van der Waals surface area contributed by atoms with Crippen LogP contribution in [0.2, 0.25) is 0 Å². The van der Waals surface area contributed by atoms with Gasteiger partial charge >= 0.3 is 0 Å². The predicted molar refractivity (Wildman–Crippen MR) is 73.4 cm³/mol. The summed E-state index contributed by atoms with van der Waals surface area (Å²) in [7, 11) is 0. The van der Waals surface area contributed by atoms with Crippen LogP contribution < -0.4 is 4.74 Å². The van der Waals surface area contributed by atoms with Crippen molar-refractivity contribution < 1.29 is 9.84 Å². The SMILES string of the molecule is CCOc1cccc(Br)c1CC(O)C(C)Br. The molecule has 2 nitrogen and oxygen atoms in total. The highest BCUT2D eigenvalue weighted by Crippen LogP contribution is 2.29. The molecular formula is C12H16Br2O2. The summed E-state index contributed by atoms with van der Waals surface area (Å²) in [6.45, 7) is 4.51.